The van der Waals surface area contributed by atoms with E-state index >= 15 is 0 Å². The summed E-state index contributed by atoms with van der Waals surface area (Å²) in [6.45, 7) is 7.15. The van der Waals surface area contributed by atoms with Crippen molar-refractivity contribution in [1.82, 2.24) is 15.1 Å². The molecular formula is C23H32ClN3O5. The minimum atomic E-state index is -0.821. The normalized spacial score (nSPS) is 22.7. The molecule has 2 amide bonds. The molecule has 2 saturated heterocycles. The van der Waals surface area contributed by atoms with Gasteiger partial charge >= 0.3 is 0 Å². The van der Waals surface area contributed by atoms with E-state index in [2.05, 4.69) is 24.1 Å². The summed E-state index contributed by atoms with van der Waals surface area (Å²) in [5.74, 6) is 1.54. The largest absolute Gasteiger partial charge is 0.454 e. The van der Waals surface area contributed by atoms with Gasteiger partial charge in [0.1, 0.15) is 11.6 Å². The molecule has 4 rings (SSSR count). The Balaban J connectivity index is 1.47. The zero-order valence-corrected chi connectivity index (χ0v) is 19.7. The number of hydrogen-bond donors (Lipinski definition) is 1. The third-order valence-corrected chi connectivity index (χ3v) is 7.09. The second-order valence-corrected chi connectivity index (χ2v) is 9.60. The average Bonchev–Trinajstić information content (AvgIpc) is 3.25. The summed E-state index contributed by atoms with van der Waals surface area (Å²) >= 11 is 6.53. The Bertz CT molecular complexity index is 869. The maximum atomic E-state index is 13.3. The van der Waals surface area contributed by atoms with Crippen molar-refractivity contribution in [3.63, 3.8) is 0 Å². The second kappa shape index (κ2) is 9.45. The van der Waals surface area contributed by atoms with E-state index in [-0.39, 0.29) is 18.6 Å². The maximum Gasteiger partial charge on any atom is 0.246 e. The highest BCUT2D eigenvalue weighted by Crippen LogP contribution is 2.42. The molecule has 32 heavy (non-hydrogen) atoms. The zero-order valence-electron chi connectivity index (χ0n) is 19.0. The summed E-state index contributed by atoms with van der Waals surface area (Å²) in [5, 5.41) is 3.60. The quantitative estimate of drug-likeness (QED) is 0.666. The summed E-state index contributed by atoms with van der Waals surface area (Å²) in [5.41, 5.74) is 0.141. The van der Waals surface area contributed by atoms with Gasteiger partial charge in [-0.25, -0.2) is 0 Å². The van der Waals surface area contributed by atoms with Gasteiger partial charge in [-0.1, -0.05) is 31.5 Å². The van der Waals surface area contributed by atoms with E-state index in [1.54, 1.807) is 12.0 Å². The number of methoxy groups -OCH3 is 1. The summed E-state index contributed by atoms with van der Waals surface area (Å²) in [4.78, 5) is 30.7. The maximum absolute atomic E-state index is 13.3. The third kappa shape index (κ3) is 4.28. The van der Waals surface area contributed by atoms with Crippen LogP contribution in [0.5, 0.6) is 11.5 Å². The number of nitrogens with zero attached hydrogens (tertiary/aromatic N) is 2. The number of fused-ring (bicyclic) bond motifs is 1. The van der Waals surface area contributed by atoms with E-state index in [9.17, 15) is 9.59 Å². The molecular weight excluding hydrogens is 434 g/mol. The van der Waals surface area contributed by atoms with Crippen molar-refractivity contribution in [1.29, 1.82) is 0 Å². The van der Waals surface area contributed by atoms with Gasteiger partial charge in [0.2, 0.25) is 18.6 Å². The van der Waals surface area contributed by atoms with Crippen LogP contribution >= 0.6 is 11.6 Å². The van der Waals surface area contributed by atoms with Crippen LogP contribution in [0.2, 0.25) is 5.02 Å². The predicted molar refractivity (Wildman–Crippen MR) is 120 cm³/mol. The molecule has 176 valence electrons. The smallest absolute Gasteiger partial charge is 0.246 e. The van der Waals surface area contributed by atoms with Crippen LogP contribution in [0.4, 0.5) is 0 Å². The van der Waals surface area contributed by atoms with Crippen LogP contribution in [0.25, 0.3) is 0 Å². The molecule has 2 fully saturated rings. The van der Waals surface area contributed by atoms with Crippen LogP contribution in [0.1, 0.15) is 38.7 Å². The van der Waals surface area contributed by atoms with E-state index < -0.39 is 11.6 Å². The monoisotopic (exact) mass is 465 g/mol. The van der Waals surface area contributed by atoms with Gasteiger partial charge in [0.25, 0.3) is 0 Å². The Morgan fingerprint density at radius 1 is 1.25 bits per heavy atom. The van der Waals surface area contributed by atoms with Crippen LogP contribution < -0.4 is 14.8 Å². The van der Waals surface area contributed by atoms with Crippen molar-refractivity contribution < 1.29 is 23.8 Å². The minimum Gasteiger partial charge on any atom is -0.454 e. The molecule has 1 aromatic rings. The van der Waals surface area contributed by atoms with E-state index in [0.29, 0.717) is 74.5 Å². The number of piperazine rings is 1. The average molecular weight is 466 g/mol. The molecule has 1 atom stereocenters. The van der Waals surface area contributed by atoms with Gasteiger partial charge in [0.15, 0.2) is 11.5 Å². The van der Waals surface area contributed by atoms with Crippen molar-refractivity contribution in [2.75, 3.05) is 40.1 Å². The number of hydrogen-bond acceptors (Lipinski definition) is 6. The first-order valence-electron chi connectivity index (χ1n) is 11.3. The second-order valence-electron chi connectivity index (χ2n) is 9.22. The molecule has 0 bridgehead atoms. The number of halogens is 1. The van der Waals surface area contributed by atoms with Gasteiger partial charge in [0, 0.05) is 33.3 Å². The number of benzene rings is 1. The molecule has 3 heterocycles. The fourth-order valence-electron chi connectivity index (χ4n) is 4.93. The lowest BCUT2D eigenvalue weighted by molar-refractivity contribution is -0.162. The van der Waals surface area contributed by atoms with Crippen molar-refractivity contribution in [2.24, 2.45) is 5.92 Å². The first-order valence-corrected chi connectivity index (χ1v) is 11.6. The van der Waals surface area contributed by atoms with Crippen LogP contribution in [-0.4, -0.2) is 73.3 Å². The Hall–Kier alpha value is -2.03. The Labute approximate surface area is 194 Å². The number of carbonyl (C=O) groups excluding carboxylic acids is 2. The van der Waals surface area contributed by atoms with Crippen LogP contribution in [0.3, 0.4) is 0 Å². The molecule has 1 spiro atoms. The molecule has 1 N–H and O–H groups in total. The summed E-state index contributed by atoms with van der Waals surface area (Å²) < 4.78 is 16.1. The van der Waals surface area contributed by atoms with Gasteiger partial charge < -0.3 is 24.4 Å². The van der Waals surface area contributed by atoms with Crippen molar-refractivity contribution in [2.45, 2.75) is 51.2 Å². The molecule has 0 aliphatic carbocycles. The summed E-state index contributed by atoms with van der Waals surface area (Å²) in [7, 11) is 1.62. The van der Waals surface area contributed by atoms with Crippen LogP contribution in [0.15, 0.2) is 12.1 Å². The summed E-state index contributed by atoms with van der Waals surface area (Å²) in [6, 6.07) is 3.37. The van der Waals surface area contributed by atoms with E-state index in [1.807, 2.05) is 12.1 Å². The summed E-state index contributed by atoms with van der Waals surface area (Å²) in [6.07, 6.45) is 1.79. The number of piperidine rings is 1. The molecule has 1 unspecified atom stereocenters. The third-order valence-electron chi connectivity index (χ3n) is 6.67. The minimum absolute atomic E-state index is 0.00242. The molecule has 3 aliphatic heterocycles. The van der Waals surface area contributed by atoms with Gasteiger partial charge in [0.05, 0.1) is 11.6 Å². The van der Waals surface area contributed by atoms with E-state index in [4.69, 9.17) is 25.8 Å². The molecule has 0 aromatic heterocycles. The number of carbonyl (C=O) groups is 2. The van der Waals surface area contributed by atoms with Gasteiger partial charge in [-0.05, 0) is 36.8 Å². The molecule has 8 nitrogen and oxygen atoms in total. The number of amides is 2. The van der Waals surface area contributed by atoms with Crippen molar-refractivity contribution in [3.8, 4) is 11.5 Å². The molecule has 1 aromatic carbocycles. The predicted octanol–water partition coefficient (Wildman–Crippen LogP) is 2.42. The highest BCUT2D eigenvalue weighted by molar-refractivity contribution is 6.33. The van der Waals surface area contributed by atoms with Crippen molar-refractivity contribution >= 4 is 23.4 Å². The number of rotatable bonds is 7. The number of likely N-dealkylation sites (tertiary alicyclic amines) is 1. The first kappa shape index (κ1) is 23.1. The highest BCUT2D eigenvalue weighted by Gasteiger charge is 2.53. The van der Waals surface area contributed by atoms with Crippen LogP contribution in [-0.2, 0) is 20.9 Å². The molecule has 0 saturated carbocycles. The Morgan fingerprint density at radius 3 is 2.69 bits per heavy atom. The fourth-order valence-corrected chi connectivity index (χ4v) is 5.20. The van der Waals surface area contributed by atoms with E-state index in [1.165, 1.54) is 0 Å². The lowest BCUT2D eigenvalue weighted by atomic mass is 9.81. The topological polar surface area (TPSA) is 80.3 Å². The number of ether oxygens (including phenoxy) is 3. The standard InChI is InChI=1S/C23H32ClN3O5/c1-15(2)12-17-21(28)27(10-11-30-3)23(22(29)25-17)6-8-26(9-7-23)13-16-4-5-18-20(19(16)24)32-14-31-18/h4-5,15,17H,6-14H2,1-3H3,(H,25,29). The number of nitrogens with one attached hydrogen (secondary N) is 1. The SMILES string of the molecule is COCCN1C(=O)C(CC(C)C)NC(=O)C12CCN(Cc1ccc3c(c1Cl)OCO3)CC2. The van der Waals surface area contributed by atoms with E-state index in [0.717, 1.165) is 5.56 Å². The fraction of sp³-hybridized carbons (Fsp3) is 0.652. The first-order chi connectivity index (χ1) is 15.4. The van der Waals surface area contributed by atoms with Crippen LogP contribution in [0, 0.1) is 5.92 Å². The van der Waals surface area contributed by atoms with Gasteiger partial charge in [-0.2, -0.15) is 0 Å². The zero-order chi connectivity index (χ0) is 22.9. The van der Waals surface area contributed by atoms with Gasteiger partial charge in [-0.15, -0.1) is 0 Å². The lowest BCUT2D eigenvalue weighted by Gasteiger charge is -2.51. The molecule has 3 aliphatic rings. The Kier molecular flexibility index (Phi) is 6.83. The lowest BCUT2D eigenvalue weighted by Crippen LogP contribution is -2.73. The highest BCUT2D eigenvalue weighted by atomic mass is 35.5. The molecule has 0 radical (unpaired) electrons. The van der Waals surface area contributed by atoms with Gasteiger partial charge in [-0.3, -0.25) is 14.5 Å². The van der Waals surface area contributed by atoms with Crippen molar-refractivity contribution in [3.05, 3.63) is 22.7 Å². The Morgan fingerprint density at radius 2 is 2.00 bits per heavy atom. The molecule has 9 heteroatoms.